The largest absolute Gasteiger partial charge is 0.369 e. The first-order valence-corrected chi connectivity index (χ1v) is 5.55. The number of hydrazone groups is 1. The maximum absolute atomic E-state index is 7.03. The predicted molar refractivity (Wildman–Crippen MR) is 81.8 cm³/mol. The standard InChI is InChI=1S/C14H14N4.ClH/c15-14(16)18-17-10-12-8-4-5-9-13(12)11-6-2-1-3-7-11;/h1-10H,(H4,15,16,18);1H/b17-10+;. The number of guanidine groups is 1. The van der Waals surface area contributed by atoms with E-state index >= 15 is 0 Å². The molecule has 5 heteroatoms. The van der Waals surface area contributed by atoms with Crippen LogP contribution in [0.15, 0.2) is 59.7 Å². The van der Waals surface area contributed by atoms with E-state index in [1.807, 2.05) is 54.6 Å². The summed E-state index contributed by atoms with van der Waals surface area (Å²) in [4.78, 5) is 0. The molecule has 0 aliphatic rings. The van der Waals surface area contributed by atoms with Crippen molar-refractivity contribution in [1.29, 1.82) is 5.41 Å². The van der Waals surface area contributed by atoms with Gasteiger partial charge < -0.3 is 5.73 Å². The lowest BCUT2D eigenvalue weighted by molar-refractivity contribution is 1.00. The minimum Gasteiger partial charge on any atom is -0.369 e. The second-order valence-corrected chi connectivity index (χ2v) is 3.74. The Bertz CT molecular complexity index is 567. The van der Waals surface area contributed by atoms with E-state index in [2.05, 4.69) is 10.5 Å². The van der Waals surface area contributed by atoms with Gasteiger partial charge in [0.15, 0.2) is 0 Å². The summed E-state index contributed by atoms with van der Waals surface area (Å²) in [5, 5.41) is 10.9. The normalized spacial score (nSPS) is 9.89. The molecule has 0 heterocycles. The van der Waals surface area contributed by atoms with Crippen LogP contribution in [0.4, 0.5) is 0 Å². The Labute approximate surface area is 118 Å². The molecule has 19 heavy (non-hydrogen) atoms. The molecule has 4 nitrogen and oxygen atoms in total. The first-order chi connectivity index (χ1) is 8.77. The lowest BCUT2D eigenvalue weighted by Gasteiger charge is -2.05. The van der Waals surface area contributed by atoms with Crippen LogP contribution in [0.25, 0.3) is 11.1 Å². The van der Waals surface area contributed by atoms with Crippen LogP contribution in [-0.2, 0) is 0 Å². The van der Waals surface area contributed by atoms with Gasteiger partial charge in [-0.2, -0.15) is 5.10 Å². The number of rotatable bonds is 3. The van der Waals surface area contributed by atoms with Crippen molar-refractivity contribution in [2.24, 2.45) is 10.8 Å². The third-order valence-corrected chi connectivity index (χ3v) is 2.43. The van der Waals surface area contributed by atoms with Gasteiger partial charge in [-0.3, -0.25) is 5.41 Å². The second-order valence-electron chi connectivity index (χ2n) is 3.74. The number of nitrogens with one attached hydrogen (secondary N) is 2. The first kappa shape index (κ1) is 14.7. The number of hydrogen-bond donors (Lipinski definition) is 3. The van der Waals surface area contributed by atoms with E-state index in [1.165, 1.54) is 0 Å². The molecule has 0 fully saturated rings. The maximum Gasteiger partial charge on any atom is 0.206 e. The minimum absolute atomic E-state index is 0. The Morgan fingerprint density at radius 1 is 1.05 bits per heavy atom. The van der Waals surface area contributed by atoms with Gasteiger partial charge in [-0.05, 0) is 11.1 Å². The van der Waals surface area contributed by atoms with Crippen LogP contribution in [0.2, 0.25) is 0 Å². The van der Waals surface area contributed by atoms with E-state index in [0.29, 0.717) is 0 Å². The third kappa shape index (κ3) is 4.12. The van der Waals surface area contributed by atoms with Crippen molar-refractivity contribution in [2.75, 3.05) is 0 Å². The van der Waals surface area contributed by atoms with Gasteiger partial charge in [0.1, 0.15) is 0 Å². The van der Waals surface area contributed by atoms with Crippen LogP contribution in [0, 0.1) is 5.41 Å². The predicted octanol–water partition coefficient (Wildman–Crippen LogP) is 2.59. The topological polar surface area (TPSA) is 74.3 Å². The van der Waals surface area contributed by atoms with E-state index in [0.717, 1.165) is 16.7 Å². The molecule has 2 aromatic rings. The van der Waals surface area contributed by atoms with Crippen molar-refractivity contribution in [3.05, 3.63) is 60.2 Å². The molecule has 0 aliphatic heterocycles. The zero-order chi connectivity index (χ0) is 12.8. The monoisotopic (exact) mass is 274 g/mol. The molecule has 0 spiro atoms. The lowest BCUT2D eigenvalue weighted by atomic mass is 10.0. The molecule has 0 aliphatic carbocycles. The smallest absolute Gasteiger partial charge is 0.206 e. The fraction of sp³-hybridized carbons (Fsp3) is 0. The van der Waals surface area contributed by atoms with Crippen molar-refractivity contribution < 1.29 is 0 Å². The Hall–Kier alpha value is -2.33. The van der Waals surface area contributed by atoms with Gasteiger partial charge >= 0.3 is 0 Å². The summed E-state index contributed by atoms with van der Waals surface area (Å²) < 4.78 is 0. The van der Waals surface area contributed by atoms with E-state index in [9.17, 15) is 0 Å². The number of halogens is 1. The minimum atomic E-state index is -0.177. The highest BCUT2D eigenvalue weighted by Crippen LogP contribution is 2.21. The number of benzene rings is 2. The molecular weight excluding hydrogens is 260 g/mol. The highest BCUT2D eigenvalue weighted by atomic mass is 35.5. The zero-order valence-electron chi connectivity index (χ0n) is 10.2. The number of nitrogens with two attached hydrogens (primary N) is 1. The number of hydrogen-bond acceptors (Lipinski definition) is 2. The lowest BCUT2D eigenvalue weighted by Crippen LogP contribution is -2.25. The molecule has 4 N–H and O–H groups in total. The van der Waals surface area contributed by atoms with Crippen molar-refractivity contribution in [3.63, 3.8) is 0 Å². The molecule has 98 valence electrons. The maximum atomic E-state index is 7.03. The third-order valence-electron chi connectivity index (χ3n) is 2.43. The van der Waals surface area contributed by atoms with E-state index in [4.69, 9.17) is 11.1 Å². The molecule has 0 saturated carbocycles. The fourth-order valence-electron chi connectivity index (χ4n) is 1.66. The highest BCUT2D eigenvalue weighted by Gasteiger charge is 2.01. The van der Waals surface area contributed by atoms with Crippen LogP contribution in [-0.4, -0.2) is 12.2 Å². The molecule has 0 aromatic heterocycles. The van der Waals surface area contributed by atoms with Gasteiger partial charge in [-0.15, -0.1) is 12.4 Å². The van der Waals surface area contributed by atoms with E-state index in [1.54, 1.807) is 6.21 Å². The molecule has 0 atom stereocenters. The SMILES string of the molecule is Cl.N=C(N)N/N=C/c1ccccc1-c1ccccc1. The Balaban J connectivity index is 0.00000180. The van der Waals surface area contributed by atoms with E-state index in [-0.39, 0.29) is 18.4 Å². The summed E-state index contributed by atoms with van der Waals surface area (Å²) >= 11 is 0. The zero-order valence-corrected chi connectivity index (χ0v) is 11.0. The summed E-state index contributed by atoms with van der Waals surface area (Å²) in [6.45, 7) is 0. The summed E-state index contributed by atoms with van der Waals surface area (Å²) in [7, 11) is 0. The van der Waals surface area contributed by atoms with Gasteiger partial charge in [0.25, 0.3) is 0 Å². The van der Waals surface area contributed by atoms with Gasteiger partial charge in [0, 0.05) is 5.56 Å². The molecule has 0 saturated heterocycles. The summed E-state index contributed by atoms with van der Waals surface area (Å²) in [6, 6.07) is 18.0. The Morgan fingerprint density at radius 2 is 1.68 bits per heavy atom. The first-order valence-electron chi connectivity index (χ1n) is 5.55. The van der Waals surface area contributed by atoms with Gasteiger partial charge in [-0.25, -0.2) is 5.43 Å². The Kier molecular flexibility index (Phi) is 5.57. The van der Waals surface area contributed by atoms with E-state index < -0.39 is 0 Å². The molecule has 0 amide bonds. The van der Waals surface area contributed by atoms with Crippen molar-refractivity contribution in [3.8, 4) is 11.1 Å². The van der Waals surface area contributed by atoms with Gasteiger partial charge in [0.05, 0.1) is 6.21 Å². The summed E-state index contributed by atoms with van der Waals surface area (Å²) in [6.07, 6.45) is 1.66. The average molecular weight is 275 g/mol. The van der Waals surface area contributed by atoms with Crippen molar-refractivity contribution in [1.82, 2.24) is 5.43 Å². The van der Waals surface area contributed by atoms with Crippen LogP contribution in [0.1, 0.15) is 5.56 Å². The van der Waals surface area contributed by atoms with Crippen LogP contribution in [0.3, 0.4) is 0 Å². The van der Waals surface area contributed by atoms with Crippen molar-refractivity contribution in [2.45, 2.75) is 0 Å². The van der Waals surface area contributed by atoms with Crippen LogP contribution >= 0.6 is 12.4 Å². The molecule has 0 bridgehead atoms. The van der Waals surface area contributed by atoms with Crippen LogP contribution in [0.5, 0.6) is 0 Å². The summed E-state index contributed by atoms with van der Waals surface area (Å²) in [5.41, 5.74) is 10.8. The number of nitrogens with zero attached hydrogens (tertiary/aromatic N) is 1. The average Bonchev–Trinajstić information content (AvgIpc) is 2.40. The Morgan fingerprint density at radius 3 is 2.37 bits per heavy atom. The molecule has 0 unspecified atom stereocenters. The van der Waals surface area contributed by atoms with Gasteiger partial charge in [-0.1, -0.05) is 54.6 Å². The highest BCUT2D eigenvalue weighted by molar-refractivity contribution is 5.90. The molecule has 2 rings (SSSR count). The van der Waals surface area contributed by atoms with Crippen molar-refractivity contribution >= 4 is 24.6 Å². The molecular formula is C14H15ClN4. The molecule has 2 aromatic carbocycles. The second kappa shape index (κ2) is 7.18. The van der Waals surface area contributed by atoms with Gasteiger partial charge in [0.2, 0.25) is 5.96 Å². The molecule has 0 radical (unpaired) electrons. The summed E-state index contributed by atoms with van der Waals surface area (Å²) in [5.74, 6) is -0.177. The fourth-order valence-corrected chi connectivity index (χ4v) is 1.66. The quantitative estimate of drug-likeness (QED) is 0.457. The van der Waals surface area contributed by atoms with Crippen LogP contribution < -0.4 is 11.2 Å².